The van der Waals surface area contributed by atoms with E-state index in [-0.39, 0.29) is 0 Å². The monoisotopic (exact) mass is 235 g/mol. The summed E-state index contributed by atoms with van der Waals surface area (Å²) in [5.41, 5.74) is 2.09. The Morgan fingerprint density at radius 3 is 2.38 bits per heavy atom. The summed E-state index contributed by atoms with van der Waals surface area (Å²) in [6.45, 7) is 0. The lowest BCUT2D eigenvalue weighted by Gasteiger charge is -2.09. The maximum absolute atomic E-state index is 11.8. The fraction of sp³-hybridized carbons (Fsp3) is 0.182. The van der Waals surface area contributed by atoms with Crippen molar-refractivity contribution in [3.05, 3.63) is 36.7 Å². The molecule has 2 rings (SSSR count). The van der Waals surface area contributed by atoms with E-state index in [1.165, 1.54) is 0 Å². The molecule has 16 heavy (non-hydrogen) atoms. The van der Waals surface area contributed by atoms with Crippen molar-refractivity contribution in [3.8, 4) is 11.1 Å². The molecular formula is C11H13N3OS. The van der Waals surface area contributed by atoms with Gasteiger partial charge in [-0.25, -0.2) is 8.51 Å². The van der Waals surface area contributed by atoms with Crippen LogP contribution in [0, 0.1) is 0 Å². The summed E-state index contributed by atoms with van der Waals surface area (Å²) >= 11 is 0. The molecule has 2 aromatic rings. The molecule has 1 heterocycles. The van der Waals surface area contributed by atoms with Crippen molar-refractivity contribution in [2.24, 2.45) is 0 Å². The van der Waals surface area contributed by atoms with Crippen LogP contribution in [0.3, 0.4) is 0 Å². The van der Waals surface area contributed by atoms with Crippen molar-refractivity contribution >= 4 is 11.0 Å². The number of nitrogens with zero attached hydrogens (tertiary/aromatic N) is 2. The number of hydrogen-bond acceptors (Lipinski definition) is 2. The molecule has 0 radical (unpaired) electrons. The summed E-state index contributed by atoms with van der Waals surface area (Å²) in [6.07, 6.45) is 3.59. The molecule has 0 aliphatic carbocycles. The van der Waals surface area contributed by atoms with Gasteiger partial charge in [0.25, 0.3) is 0 Å². The number of H-pyrrole nitrogens is 1. The Labute approximate surface area is 96.9 Å². The zero-order valence-corrected chi connectivity index (χ0v) is 9.99. The van der Waals surface area contributed by atoms with Gasteiger partial charge in [0.2, 0.25) is 0 Å². The summed E-state index contributed by atoms with van der Waals surface area (Å²) < 4.78 is 13.4. The maximum Gasteiger partial charge on any atom is 0.127 e. The standard InChI is InChI=1S/C11H13N3OS/c1-14(2)16(15)11-5-3-9(4-6-11)10-7-12-13-8-10/h3-8H,1-2H3,(H,12,13). The van der Waals surface area contributed by atoms with Gasteiger partial charge >= 0.3 is 0 Å². The lowest BCUT2D eigenvalue weighted by molar-refractivity contribution is 0.603. The van der Waals surface area contributed by atoms with Crippen LogP contribution in [0.15, 0.2) is 41.6 Å². The molecule has 0 spiro atoms. The minimum Gasteiger partial charge on any atom is -0.285 e. The molecule has 84 valence electrons. The van der Waals surface area contributed by atoms with Gasteiger partial charge in [0, 0.05) is 11.8 Å². The third-order valence-corrected chi connectivity index (χ3v) is 3.56. The quantitative estimate of drug-likeness (QED) is 0.879. The Kier molecular flexibility index (Phi) is 3.17. The minimum atomic E-state index is -1.08. The third-order valence-electron chi connectivity index (χ3n) is 2.22. The van der Waals surface area contributed by atoms with Gasteiger partial charge in [-0.3, -0.25) is 5.10 Å². The highest BCUT2D eigenvalue weighted by atomic mass is 32.2. The molecule has 5 heteroatoms. The van der Waals surface area contributed by atoms with Crippen LogP contribution in [0.4, 0.5) is 0 Å². The van der Waals surface area contributed by atoms with Crippen LogP contribution in [-0.2, 0) is 11.0 Å². The van der Waals surface area contributed by atoms with Gasteiger partial charge in [0.15, 0.2) is 0 Å². The Bertz CT molecular complexity index is 476. The number of nitrogens with one attached hydrogen (secondary N) is 1. The van der Waals surface area contributed by atoms with Crippen molar-refractivity contribution in [3.63, 3.8) is 0 Å². The van der Waals surface area contributed by atoms with Gasteiger partial charge in [-0.1, -0.05) is 12.1 Å². The van der Waals surface area contributed by atoms with Crippen LogP contribution in [-0.4, -0.2) is 32.8 Å². The first-order valence-electron chi connectivity index (χ1n) is 4.87. The molecular weight excluding hydrogens is 222 g/mol. The summed E-state index contributed by atoms with van der Waals surface area (Å²) in [4.78, 5) is 0.803. The van der Waals surface area contributed by atoms with Gasteiger partial charge in [-0.2, -0.15) is 5.10 Å². The van der Waals surface area contributed by atoms with Gasteiger partial charge in [-0.05, 0) is 31.8 Å². The van der Waals surface area contributed by atoms with Crippen molar-refractivity contribution < 1.29 is 4.21 Å². The molecule has 4 nitrogen and oxygen atoms in total. The van der Waals surface area contributed by atoms with E-state index in [1.807, 2.05) is 30.5 Å². The Morgan fingerprint density at radius 1 is 1.19 bits per heavy atom. The molecule has 1 aromatic carbocycles. The molecule has 0 aliphatic heterocycles. The van der Waals surface area contributed by atoms with E-state index in [2.05, 4.69) is 10.2 Å². The first-order valence-corrected chi connectivity index (χ1v) is 5.97. The number of hydrogen-bond donors (Lipinski definition) is 1. The summed E-state index contributed by atoms with van der Waals surface area (Å²) in [6, 6.07) is 7.64. The average molecular weight is 235 g/mol. The molecule has 0 amide bonds. The zero-order chi connectivity index (χ0) is 11.5. The second-order valence-electron chi connectivity index (χ2n) is 3.57. The number of aromatic amines is 1. The lowest BCUT2D eigenvalue weighted by Crippen LogP contribution is -2.14. The van der Waals surface area contributed by atoms with Crippen molar-refractivity contribution in [2.45, 2.75) is 4.90 Å². The molecule has 1 N–H and O–H groups in total. The number of benzene rings is 1. The highest BCUT2D eigenvalue weighted by molar-refractivity contribution is 7.82. The molecule has 1 atom stereocenters. The normalized spacial score (nSPS) is 12.9. The fourth-order valence-electron chi connectivity index (χ4n) is 1.38. The lowest BCUT2D eigenvalue weighted by atomic mass is 10.1. The first kappa shape index (κ1) is 11.0. The van der Waals surface area contributed by atoms with Crippen LogP contribution < -0.4 is 0 Å². The molecule has 0 saturated heterocycles. The minimum absolute atomic E-state index is 0.803. The largest absolute Gasteiger partial charge is 0.285 e. The van der Waals surface area contributed by atoms with E-state index in [1.54, 1.807) is 24.6 Å². The Morgan fingerprint density at radius 2 is 1.88 bits per heavy atom. The highest BCUT2D eigenvalue weighted by Gasteiger charge is 2.06. The van der Waals surface area contributed by atoms with Crippen LogP contribution in [0.5, 0.6) is 0 Å². The van der Waals surface area contributed by atoms with E-state index in [4.69, 9.17) is 0 Å². The summed E-state index contributed by atoms with van der Waals surface area (Å²) in [5.74, 6) is 0. The summed E-state index contributed by atoms with van der Waals surface area (Å²) in [5, 5.41) is 6.66. The first-order chi connectivity index (χ1) is 7.68. The maximum atomic E-state index is 11.8. The van der Waals surface area contributed by atoms with E-state index in [0.29, 0.717) is 0 Å². The van der Waals surface area contributed by atoms with Crippen LogP contribution in [0.2, 0.25) is 0 Å². The fourth-order valence-corrected chi connectivity index (χ4v) is 2.17. The zero-order valence-electron chi connectivity index (χ0n) is 9.18. The van der Waals surface area contributed by atoms with E-state index in [0.717, 1.165) is 16.0 Å². The molecule has 0 aliphatic rings. The average Bonchev–Trinajstić information content (AvgIpc) is 2.81. The highest BCUT2D eigenvalue weighted by Crippen LogP contribution is 2.19. The third kappa shape index (κ3) is 2.20. The molecule has 0 saturated carbocycles. The Hall–Kier alpha value is -1.46. The van der Waals surface area contributed by atoms with Crippen LogP contribution >= 0.6 is 0 Å². The van der Waals surface area contributed by atoms with Crippen LogP contribution in [0.25, 0.3) is 11.1 Å². The molecule has 0 fully saturated rings. The SMILES string of the molecule is CN(C)S(=O)c1ccc(-c2cn[nH]c2)cc1. The summed E-state index contributed by atoms with van der Waals surface area (Å²) in [7, 11) is 2.50. The van der Waals surface area contributed by atoms with E-state index in [9.17, 15) is 4.21 Å². The van der Waals surface area contributed by atoms with Crippen molar-refractivity contribution in [1.29, 1.82) is 0 Å². The van der Waals surface area contributed by atoms with Gasteiger partial charge < -0.3 is 0 Å². The molecule has 1 aromatic heterocycles. The predicted octanol–water partition coefficient (Wildman–Crippen LogP) is 1.66. The number of aromatic nitrogens is 2. The molecule has 0 bridgehead atoms. The predicted molar refractivity (Wildman–Crippen MR) is 64.1 cm³/mol. The van der Waals surface area contributed by atoms with E-state index < -0.39 is 11.0 Å². The Balaban J connectivity index is 2.27. The second-order valence-corrected chi connectivity index (χ2v) is 5.27. The second kappa shape index (κ2) is 4.59. The smallest absolute Gasteiger partial charge is 0.127 e. The topological polar surface area (TPSA) is 49.0 Å². The van der Waals surface area contributed by atoms with Crippen molar-refractivity contribution in [2.75, 3.05) is 14.1 Å². The number of rotatable bonds is 3. The molecule has 1 unspecified atom stereocenters. The van der Waals surface area contributed by atoms with Crippen LogP contribution in [0.1, 0.15) is 0 Å². The van der Waals surface area contributed by atoms with Gasteiger partial charge in [0.1, 0.15) is 11.0 Å². The van der Waals surface area contributed by atoms with Gasteiger partial charge in [-0.15, -0.1) is 0 Å². The van der Waals surface area contributed by atoms with Crippen molar-refractivity contribution in [1.82, 2.24) is 14.5 Å². The van der Waals surface area contributed by atoms with E-state index >= 15 is 0 Å². The van der Waals surface area contributed by atoms with Gasteiger partial charge in [0.05, 0.1) is 11.1 Å².